The third-order valence-corrected chi connectivity index (χ3v) is 7.14. The van der Waals surface area contributed by atoms with E-state index in [-0.39, 0.29) is 0 Å². The Morgan fingerprint density at radius 1 is 0.452 bits per heavy atom. The molecule has 3 heterocycles. The predicted molar refractivity (Wildman–Crippen MR) is 126 cm³/mol. The lowest BCUT2D eigenvalue weighted by molar-refractivity contribution is 0.00485. The van der Waals surface area contributed by atoms with Crippen LogP contribution in [-0.2, 0) is 37.2 Å². The molecule has 0 unspecified atom stereocenters. The molecule has 0 aromatic heterocycles. The molecule has 31 heavy (non-hydrogen) atoms. The second-order valence-corrected chi connectivity index (χ2v) is 9.30. The maximum absolute atomic E-state index is 6.23. The van der Waals surface area contributed by atoms with Crippen molar-refractivity contribution in [2.75, 3.05) is 52.9 Å². The summed E-state index contributed by atoms with van der Waals surface area (Å²) in [6.45, 7) is 4.44. The van der Waals surface area contributed by atoms with Crippen molar-refractivity contribution in [2.24, 2.45) is 0 Å². The normalized spacial score (nSPS) is 19.2. The van der Waals surface area contributed by atoms with E-state index in [1.807, 2.05) is 23.5 Å². The third kappa shape index (κ3) is 6.80. The highest BCUT2D eigenvalue weighted by Crippen LogP contribution is 2.37. The summed E-state index contributed by atoms with van der Waals surface area (Å²) >= 11 is 3.79. The summed E-state index contributed by atoms with van der Waals surface area (Å²) in [5.41, 5.74) is 4.98. The van der Waals surface area contributed by atoms with Crippen molar-refractivity contribution in [1.29, 1.82) is 0 Å². The largest absolute Gasteiger partial charge is 0.491 e. The Balaban J connectivity index is 1.56. The summed E-state index contributed by atoms with van der Waals surface area (Å²) in [5.74, 6) is 5.64. The van der Waals surface area contributed by atoms with Crippen molar-refractivity contribution in [1.82, 2.24) is 0 Å². The maximum Gasteiger partial charge on any atom is 0.127 e. The van der Waals surface area contributed by atoms with Crippen molar-refractivity contribution in [3.8, 4) is 11.5 Å². The number of benzene rings is 2. The third-order valence-electron chi connectivity index (χ3n) is 5.08. The fourth-order valence-corrected chi connectivity index (χ4v) is 5.58. The van der Waals surface area contributed by atoms with Crippen molar-refractivity contribution in [3.05, 3.63) is 58.7 Å². The first-order valence-corrected chi connectivity index (χ1v) is 13.1. The molecule has 0 aliphatic carbocycles. The molecule has 6 bridgehead atoms. The SMILES string of the molecule is c1cc2c3c(c1)CSCc1cccc(c1OCCOCCOCCOCCO3)CSC2. The highest BCUT2D eigenvalue weighted by atomic mass is 32.2. The topological polar surface area (TPSA) is 46.2 Å². The van der Waals surface area contributed by atoms with Gasteiger partial charge in [-0.15, -0.1) is 0 Å². The van der Waals surface area contributed by atoms with Crippen LogP contribution < -0.4 is 9.47 Å². The van der Waals surface area contributed by atoms with Gasteiger partial charge in [0.05, 0.1) is 39.6 Å². The maximum atomic E-state index is 6.23. The van der Waals surface area contributed by atoms with Crippen LogP contribution in [0.2, 0.25) is 0 Å². The summed E-state index contributed by atoms with van der Waals surface area (Å²) in [4.78, 5) is 0. The van der Waals surface area contributed by atoms with E-state index >= 15 is 0 Å². The minimum absolute atomic E-state index is 0.541. The molecule has 168 valence electrons. The number of para-hydroxylation sites is 2. The van der Waals surface area contributed by atoms with E-state index in [1.54, 1.807) is 0 Å². The second kappa shape index (κ2) is 12.6. The van der Waals surface area contributed by atoms with Crippen molar-refractivity contribution < 1.29 is 23.7 Å². The van der Waals surface area contributed by atoms with Crippen LogP contribution in [-0.4, -0.2) is 52.9 Å². The van der Waals surface area contributed by atoms with Crippen LogP contribution in [0.1, 0.15) is 22.3 Å². The van der Waals surface area contributed by atoms with Crippen LogP contribution in [0.4, 0.5) is 0 Å². The molecule has 3 aliphatic heterocycles. The molecule has 5 rings (SSSR count). The Morgan fingerprint density at radius 3 is 1.13 bits per heavy atom. The minimum Gasteiger partial charge on any atom is -0.491 e. The van der Waals surface area contributed by atoms with Crippen LogP contribution in [0.3, 0.4) is 0 Å². The molecule has 0 spiro atoms. The Morgan fingerprint density at radius 2 is 0.774 bits per heavy atom. The van der Waals surface area contributed by atoms with Gasteiger partial charge in [0.15, 0.2) is 0 Å². The Bertz CT molecular complexity index is 718. The van der Waals surface area contributed by atoms with Crippen LogP contribution in [0.15, 0.2) is 36.4 Å². The minimum atomic E-state index is 0.541. The van der Waals surface area contributed by atoms with Gasteiger partial charge in [0.2, 0.25) is 0 Å². The van der Waals surface area contributed by atoms with Crippen LogP contribution in [0.25, 0.3) is 0 Å². The van der Waals surface area contributed by atoms with Crippen LogP contribution in [0, 0.1) is 0 Å². The van der Waals surface area contributed by atoms with Gasteiger partial charge in [-0.2, -0.15) is 23.5 Å². The molecule has 7 heteroatoms. The molecule has 0 saturated heterocycles. The molecule has 2 aromatic rings. The number of ether oxygens (including phenoxy) is 5. The summed E-state index contributed by atoms with van der Waals surface area (Å²) in [6, 6.07) is 13.0. The fraction of sp³-hybridized carbons (Fsp3) is 0.500. The zero-order valence-corrected chi connectivity index (χ0v) is 19.4. The first-order valence-electron chi connectivity index (χ1n) is 10.8. The summed E-state index contributed by atoms with van der Waals surface area (Å²) in [7, 11) is 0. The van der Waals surface area contributed by atoms with Gasteiger partial charge in [-0.1, -0.05) is 36.4 Å². The Hall–Kier alpha value is -1.38. The predicted octanol–water partition coefficient (Wildman–Crippen LogP) is 4.69. The number of fused-ring (bicyclic) bond motifs is 16. The van der Waals surface area contributed by atoms with Gasteiger partial charge in [0.1, 0.15) is 24.7 Å². The van der Waals surface area contributed by atoms with Gasteiger partial charge in [-0.25, -0.2) is 0 Å². The van der Waals surface area contributed by atoms with E-state index < -0.39 is 0 Å². The average Bonchev–Trinajstić information content (AvgIpc) is 2.78. The van der Waals surface area contributed by atoms with Gasteiger partial charge in [0, 0.05) is 45.3 Å². The van der Waals surface area contributed by atoms with E-state index in [2.05, 4.69) is 36.4 Å². The van der Waals surface area contributed by atoms with Gasteiger partial charge >= 0.3 is 0 Å². The lowest BCUT2D eigenvalue weighted by atomic mass is 10.1. The Kier molecular flexibility index (Phi) is 9.27. The smallest absolute Gasteiger partial charge is 0.127 e. The van der Waals surface area contributed by atoms with Crippen molar-refractivity contribution in [3.63, 3.8) is 0 Å². The zero-order chi connectivity index (χ0) is 21.1. The van der Waals surface area contributed by atoms with E-state index in [9.17, 15) is 0 Å². The molecule has 0 fully saturated rings. The monoisotopic (exact) mass is 462 g/mol. The number of thioether (sulfide) groups is 2. The van der Waals surface area contributed by atoms with Crippen LogP contribution in [0.5, 0.6) is 11.5 Å². The van der Waals surface area contributed by atoms with Crippen molar-refractivity contribution in [2.45, 2.75) is 23.0 Å². The van der Waals surface area contributed by atoms with E-state index in [0.717, 1.165) is 34.5 Å². The Labute approximate surface area is 193 Å². The highest BCUT2D eigenvalue weighted by molar-refractivity contribution is 7.98. The molecule has 5 nitrogen and oxygen atoms in total. The molecular weight excluding hydrogens is 432 g/mol. The fourth-order valence-electron chi connectivity index (χ4n) is 3.59. The first-order chi connectivity index (χ1) is 15.4. The molecule has 0 radical (unpaired) electrons. The van der Waals surface area contributed by atoms with E-state index in [1.165, 1.54) is 22.3 Å². The van der Waals surface area contributed by atoms with Gasteiger partial charge < -0.3 is 23.7 Å². The molecule has 0 atom stereocenters. The number of hydrogen-bond donors (Lipinski definition) is 0. The summed E-state index contributed by atoms with van der Waals surface area (Å²) in [5, 5.41) is 0. The molecule has 2 aromatic carbocycles. The first kappa shape index (κ1) is 22.8. The summed E-state index contributed by atoms with van der Waals surface area (Å²) < 4.78 is 29.3. The number of rotatable bonds is 0. The zero-order valence-electron chi connectivity index (χ0n) is 17.8. The van der Waals surface area contributed by atoms with E-state index in [0.29, 0.717) is 52.9 Å². The molecule has 0 N–H and O–H groups in total. The molecule has 0 saturated carbocycles. The lowest BCUT2D eigenvalue weighted by Gasteiger charge is -2.20. The standard InChI is InChI=1S/C24H30O5S2/c1-3-19-15-30-17-21-5-2-6-22-18-31-16-20(4-1)23(19)28-13-11-26-9-7-25-8-10-27-12-14-29-24(21)22/h1-6H,7-18H2. The average molecular weight is 463 g/mol. The van der Waals surface area contributed by atoms with Gasteiger partial charge in [-0.05, 0) is 0 Å². The van der Waals surface area contributed by atoms with E-state index in [4.69, 9.17) is 23.7 Å². The lowest BCUT2D eigenvalue weighted by Crippen LogP contribution is -2.15. The molecular formula is C24H30O5S2. The van der Waals surface area contributed by atoms with Gasteiger partial charge in [-0.3, -0.25) is 0 Å². The highest BCUT2D eigenvalue weighted by Gasteiger charge is 2.16. The molecule has 3 aliphatic rings. The van der Waals surface area contributed by atoms with Crippen LogP contribution >= 0.6 is 23.5 Å². The van der Waals surface area contributed by atoms with Crippen molar-refractivity contribution >= 4 is 23.5 Å². The number of hydrogen-bond acceptors (Lipinski definition) is 7. The molecule has 0 amide bonds. The second-order valence-electron chi connectivity index (χ2n) is 7.33. The summed E-state index contributed by atoms with van der Waals surface area (Å²) in [6.07, 6.45) is 0. The quantitative estimate of drug-likeness (QED) is 0.527. The van der Waals surface area contributed by atoms with Gasteiger partial charge in [0.25, 0.3) is 0 Å².